The normalized spacial score (nSPS) is 15.2. The monoisotopic (exact) mass is 339 g/mol. The van der Waals surface area contributed by atoms with Gasteiger partial charge in [-0.05, 0) is 41.8 Å². The van der Waals surface area contributed by atoms with Crippen LogP contribution in [0.5, 0.6) is 0 Å². The Kier molecular flexibility index (Phi) is 3.22. The maximum atomic E-state index is 12.9. The first-order valence-electron chi connectivity index (χ1n) is 8.70. The number of anilines is 2. The van der Waals surface area contributed by atoms with E-state index in [0.717, 1.165) is 27.9 Å². The van der Waals surface area contributed by atoms with Gasteiger partial charge in [-0.3, -0.25) is 0 Å². The van der Waals surface area contributed by atoms with E-state index < -0.39 is 0 Å². The van der Waals surface area contributed by atoms with E-state index in [1.807, 2.05) is 42.5 Å². The molecule has 0 aliphatic carbocycles. The molecule has 1 aliphatic rings. The molecule has 1 aromatic heterocycles. The van der Waals surface area contributed by atoms with Crippen molar-refractivity contribution in [1.29, 1.82) is 0 Å². The first kappa shape index (κ1) is 15.0. The molecule has 1 unspecified atom stereocenters. The van der Waals surface area contributed by atoms with E-state index in [0.29, 0.717) is 11.1 Å². The Balaban J connectivity index is 1.89. The number of fused-ring (bicyclic) bond motifs is 4. The van der Waals surface area contributed by atoms with Crippen LogP contribution in [-0.2, 0) is 0 Å². The van der Waals surface area contributed by atoms with Gasteiger partial charge >= 0.3 is 5.63 Å². The number of rotatable bonds is 1. The van der Waals surface area contributed by atoms with Gasteiger partial charge in [0.25, 0.3) is 0 Å². The van der Waals surface area contributed by atoms with Gasteiger partial charge in [0.2, 0.25) is 0 Å². The van der Waals surface area contributed by atoms with Gasteiger partial charge in [0, 0.05) is 17.0 Å². The van der Waals surface area contributed by atoms with E-state index >= 15 is 0 Å². The summed E-state index contributed by atoms with van der Waals surface area (Å²) in [5.74, 6) is -0.149. The molecule has 0 saturated heterocycles. The molecule has 3 aromatic carbocycles. The maximum absolute atomic E-state index is 12.9. The zero-order valence-corrected chi connectivity index (χ0v) is 14.3. The minimum atomic E-state index is -0.286. The second-order valence-electron chi connectivity index (χ2n) is 6.73. The molecule has 0 spiro atoms. The minimum absolute atomic E-state index is 0.149. The molecular weight excluding hydrogens is 322 g/mol. The minimum Gasteiger partial charge on any atom is -0.422 e. The molecule has 1 atom stereocenters. The van der Waals surface area contributed by atoms with Gasteiger partial charge in [-0.15, -0.1) is 0 Å². The molecule has 2 heterocycles. The lowest BCUT2D eigenvalue weighted by atomic mass is 9.81. The number of hydrogen-bond donors (Lipinski definition) is 1. The highest BCUT2D eigenvalue weighted by Gasteiger charge is 2.31. The van der Waals surface area contributed by atoms with Crippen molar-refractivity contribution in [2.45, 2.75) is 12.8 Å². The number of hydrogen-bond acceptors (Lipinski definition) is 3. The summed E-state index contributed by atoms with van der Waals surface area (Å²) < 4.78 is 5.65. The topological polar surface area (TPSA) is 42.2 Å². The van der Waals surface area contributed by atoms with Gasteiger partial charge in [0.15, 0.2) is 0 Å². The molecule has 3 heteroatoms. The van der Waals surface area contributed by atoms with Crippen LogP contribution in [0.2, 0.25) is 0 Å². The van der Waals surface area contributed by atoms with Crippen molar-refractivity contribution in [3.8, 4) is 0 Å². The van der Waals surface area contributed by atoms with Crippen LogP contribution in [0, 0.1) is 6.92 Å². The molecule has 0 radical (unpaired) electrons. The maximum Gasteiger partial charge on any atom is 0.342 e. The van der Waals surface area contributed by atoms with Crippen LogP contribution in [0.1, 0.15) is 28.2 Å². The van der Waals surface area contributed by atoms with Gasteiger partial charge in [-0.1, -0.05) is 54.6 Å². The standard InChI is InChI=1S/C23H17NO2/c1-14-11-12-16-18(13-14)24-22-17-9-5-6-10-19(17)26-23(25)21(22)20(16)15-7-3-2-4-8-15/h2-13,20,24H,1H3. The smallest absolute Gasteiger partial charge is 0.342 e. The van der Waals surface area contributed by atoms with Crippen LogP contribution >= 0.6 is 0 Å². The van der Waals surface area contributed by atoms with E-state index in [2.05, 4.69) is 42.6 Å². The predicted molar refractivity (Wildman–Crippen MR) is 104 cm³/mol. The largest absolute Gasteiger partial charge is 0.422 e. The summed E-state index contributed by atoms with van der Waals surface area (Å²) in [7, 11) is 0. The zero-order valence-electron chi connectivity index (χ0n) is 14.3. The highest BCUT2D eigenvalue weighted by molar-refractivity contribution is 5.96. The summed E-state index contributed by atoms with van der Waals surface area (Å²) in [6, 6.07) is 24.1. The number of aryl methyl sites for hydroxylation is 1. The number of para-hydroxylation sites is 1. The lowest BCUT2D eigenvalue weighted by Crippen LogP contribution is -2.22. The summed E-state index contributed by atoms with van der Waals surface area (Å²) in [5.41, 5.74) is 6.24. The number of nitrogens with one attached hydrogen (secondary N) is 1. The Morgan fingerprint density at radius 2 is 1.69 bits per heavy atom. The van der Waals surface area contributed by atoms with Gasteiger partial charge in [0.05, 0.1) is 11.3 Å². The van der Waals surface area contributed by atoms with Gasteiger partial charge in [-0.2, -0.15) is 0 Å². The molecule has 0 fully saturated rings. The Labute approximate surface area is 150 Å². The molecule has 1 aliphatic heterocycles. The summed E-state index contributed by atoms with van der Waals surface area (Å²) in [6.45, 7) is 2.08. The molecular formula is C23H17NO2. The summed E-state index contributed by atoms with van der Waals surface area (Å²) in [6.07, 6.45) is 0. The lowest BCUT2D eigenvalue weighted by molar-refractivity contribution is 0.549. The Hall–Kier alpha value is -3.33. The zero-order chi connectivity index (χ0) is 17.7. The average molecular weight is 339 g/mol. The molecule has 4 aromatic rings. The second kappa shape index (κ2) is 5.60. The van der Waals surface area contributed by atoms with Crippen molar-refractivity contribution in [3.05, 3.63) is 105 Å². The van der Waals surface area contributed by atoms with Gasteiger partial charge in [0.1, 0.15) is 5.58 Å². The third kappa shape index (κ3) is 2.17. The third-order valence-corrected chi connectivity index (χ3v) is 5.05. The van der Waals surface area contributed by atoms with Gasteiger partial charge in [-0.25, -0.2) is 4.79 Å². The number of benzene rings is 3. The van der Waals surface area contributed by atoms with Crippen molar-refractivity contribution in [3.63, 3.8) is 0 Å². The summed E-state index contributed by atoms with van der Waals surface area (Å²) in [4.78, 5) is 12.9. The average Bonchev–Trinajstić information content (AvgIpc) is 2.67. The van der Waals surface area contributed by atoms with E-state index in [9.17, 15) is 4.79 Å². The van der Waals surface area contributed by atoms with Crippen LogP contribution in [-0.4, -0.2) is 0 Å². The SMILES string of the molecule is Cc1ccc2c(c1)Nc1c(c(=O)oc3ccccc13)C2c1ccccc1. The van der Waals surface area contributed by atoms with Crippen LogP contribution < -0.4 is 10.9 Å². The second-order valence-corrected chi connectivity index (χ2v) is 6.73. The third-order valence-electron chi connectivity index (χ3n) is 5.05. The fourth-order valence-corrected chi connectivity index (χ4v) is 3.87. The van der Waals surface area contributed by atoms with E-state index in [4.69, 9.17) is 4.42 Å². The molecule has 126 valence electrons. The molecule has 3 nitrogen and oxygen atoms in total. The predicted octanol–water partition coefficient (Wildman–Crippen LogP) is 5.34. The van der Waals surface area contributed by atoms with Crippen LogP contribution in [0.25, 0.3) is 11.0 Å². The Bertz CT molecular complexity index is 1190. The summed E-state index contributed by atoms with van der Waals surface area (Å²) in [5, 5.41) is 4.43. The van der Waals surface area contributed by atoms with Crippen molar-refractivity contribution < 1.29 is 4.42 Å². The molecule has 0 bridgehead atoms. The van der Waals surface area contributed by atoms with E-state index in [1.165, 1.54) is 5.56 Å². The van der Waals surface area contributed by atoms with Crippen molar-refractivity contribution >= 4 is 22.3 Å². The molecule has 5 rings (SSSR count). The Morgan fingerprint density at radius 3 is 2.54 bits per heavy atom. The molecule has 1 N–H and O–H groups in total. The molecule has 0 saturated carbocycles. The molecule has 0 amide bonds. The Morgan fingerprint density at radius 1 is 0.923 bits per heavy atom. The van der Waals surface area contributed by atoms with Crippen LogP contribution in [0.3, 0.4) is 0 Å². The van der Waals surface area contributed by atoms with Crippen LogP contribution in [0.15, 0.2) is 82.0 Å². The highest BCUT2D eigenvalue weighted by Crippen LogP contribution is 2.45. The van der Waals surface area contributed by atoms with Crippen LogP contribution in [0.4, 0.5) is 11.4 Å². The lowest BCUT2D eigenvalue weighted by Gasteiger charge is -2.29. The van der Waals surface area contributed by atoms with Crippen molar-refractivity contribution in [2.24, 2.45) is 0 Å². The summed E-state index contributed by atoms with van der Waals surface area (Å²) >= 11 is 0. The fourth-order valence-electron chi connectivity index (χ4n) is 3.87. The fraction of sp³-hybridized carbons (Fsp3) is 0.0870. The van der Waals surface area contributed by atoms with Gasteiger partial charge < -0.3 is 9.73 Å². The molecule has 26 heavy (non-hydrogen) atoms. The van der Waals surface area contributed by atoms with E-state index in [-0.39, 0.29) is 11.5 Å². The first-order valence-corrected chi connectivity index (χ1v) is 8.70. The highest BCUT2D eigenvalue weighted by atomic mass is 16.4. The quantitative estimate of drug-likeness (QED) is 0.419. The first-order chi connectivity index (χ1) is 12.7. The van der Waals surface area contributed by atoms with E-state index in [1.54, 1.807) is 0 Å². The van der Waals surface area contributed by atoms with Crippen molar-refractivity contribution in [2.75, 3.05) is 5.32 Å². The van der Waals surface area contributed by atoms with Crippen molar-refractivity contribution in [1.82, 2.24) is 0 Å².